The highest BCUT2D eigenvalue weighted by atomic mass is 19.1. The molecule has 1 amide bonds. The Morgan fingerprint density at radius 2 is 2.10 bits per heavy atom. The number of hydrogen-bond acceptors (Lipinski definition) is 5. The van der Waals surface area contributed by atoms with E-state index in [2.05, 4.69) is 4.74 Å². The maximum Gasteiger partial charge on any atom is 0.310 e. The van der Waals surface area contributed by atoms with Crippen molar-refractivity contribution in [3.05, 3.63) is 39.7 Å². The van der Waals surface area contributed by atoms with Crippen LogP contribution in [0.15, 0.2) is 18.2 Å². The molecule has 0 aliphatic heterocycles. The average Bonchev–Trinajstić information content (AvgIpc) is 2.45. The van der Waals surface area contributed by atoms with Gasteiger partial charge in [-0.05, 0) is 12.1 Å². The number of methoxy groups -OCH3 is 1. The lowest BCUT2D eigenvalue weighted by molar-refractivity contribution is -0.385. The molecule has 0 heterocycles. The fourth-order valence-corrected chi connectivity index (χ4v) is 1.81. The Kier molecular flexibility index (Phi) is 5.34. The van der Waals surface area contributed by atoms with Gasteiger partial charge in [-0.1, -0.05) is 6.92 Å². The van der Waals surface area contributed by atoms with Gasteiger partial charge in [-0.3, -0.25) is 19.7 Å². The normalized spacial score (nSPS) is 11.6. The van der Waals surface area contributed by atoms with E-state index in [1.165, 1.54) is 14.2 Å². The Bertz CT molecular complexity index is 576. The molecule has 1 atom stereocenters. The highest BCUT2D eigenvalue weighted by molar-refractivity contribution is 5.98. The van der Waals surface area contributed by atoms with Crippen LogP contribution in [0.1, 0.15) is 17.3 Å². The fourth-order valence-electron chi connectivity index (χ4n) is 1.81. The number of amides is 1. The maximum absolute atomic E-state index is 13.0. The molecule has 1 unspecified atom stereocenters. The standard InChI is InChI=1S/C13H15FN2O5/c1-8(13(18)21-3)7-15(2)12(17)10-5-4-9(14)6-11(10)16(19)20/h4-6,8H,7H2,1-3H3. The molecule has 0 aliphatic rings. The first kappa shape index (κ1) is 16.5. The molecule has 0 saturated heterocycles. The van der Waals surface area contributed by atoms with Gasteiger partial charge in [0, 0.05) is 13.6 Å². The molecule has 0 radical (unpaired) electrons. The van der Waals surface area contributed by atoms with Crippen molar-refractivity contribution in [1.82, 2.24) is 4.90 Å². The van der Waals surface area contributed by atoms with Crippen molar-refractivity contribution in [3.63, 3.8) is 0 Å². The molecule has 0 saturated carbocycles. The number of nitro groups is 1. The Labute approximate surface area is 120 Å². The molecule has 1 aromatic carbocycles. The molecule has 7 nitrogen and oxygen atoms in total. The van der Waals surface area contributed by atoms with Crippen LogP contribution in [0.3, 0.4) is 0 Å². The molecule has 8 heteroatoms. The SMILES string of the molecule is COC(=O)C(C)CN(C)C(=O)c1ccc(F)cc1[N+](=O)[O-]. The minimum atomic E-state index is -0.826. The summed E-state index contributed by atoms with van der Waals surface area (Å²) in [7, 11) is 2.63. The number of nitrogens with zero attached hydrogens (tertiary/aromatic N) is 2. The summed E-state index contributed by atoms with van der Waals surface area (Å²) in [5, 5.41) is 10.9. The lowest BCUT2D eigenvalue weighted by Crippen LogP contribution is -2.34. The molecule has 0 spiro atoms. The highest BCUT2D eigenvalue weighted by Gasteiger charge is 2.25. The van der Waals surface area contributed by atoms with Gasteiger partial charge >= 0.3 is 5.97 Å². The van der Waals surface area contributed by atoms with Crippen LogP contribution in [0, 0.1) is 21.8 Å². The molecule has 0 fully saturated rings. The van der Waals surface area contributed by atoms with E-state index >= 15 is 0 Å². The minimum Gasteiger partial charge on any atom is -0.469 e. The third-order valence-electron chi connectivity index (χ3n) is 2.88. The summed E-state index contributed by atoms with van der Waals surface area (Å²) in [5.41, 5.74) is -0.849. The Balaban J connectivity index is 2.98. The topological polar surface area (TPSA) is 89.8 Å². The average molecular weight is 298 g/mol. The molecule has 1 rings (SSSR count). The van der Waals surface area contributed by atoms with Crippen molar-refractivity contribution in [2.75, 3.05) is 20.7 Å². The second-order valence-corrected chi connectivity index (χ2v) is 4.53. The fraction of sp³-hybridized carbons (Fsp3) is 0.385. The van der Waals surface area contributed by atoms with E-state index in [0.29, 0.717) is 6.07 Å². The van der Waals surface area contributed by atoms with Crippen molar-refractivity contribution in [2.45, 2.75) is 6.92 Å². The molecule has 0 aromatic heterocycles. The van der Waals surface area contributed by atoms with Gasteiger partial charge < -0.3 is 9.64 Å². The summed E-state index contributed by atoms with van der Waals surface area (Å²) in [6.45, 7) is 1.59. The van der Waals surface area contributed by atoms with E-state index < -0.39 is 34.2 Å². The Morgan fingerprint density at radius 3 is 2.62 bits per heavy atom. The lowest BCUT2D eigenvalue weighted by Gasteiger charge is -2.20. The number of nitro benzene ring substituents is 1. The van der Waals surface area contributed by atoms with Gasteiger partial charge in [-0.25, -0.2) is 4.39 Å². The molecule has 0 aliphatic carbocycles. The third kappa shape index (κ3) is 3.98. The predicted octanol–water partition coefficient (Wildman–Crippen LogP) is 1.61. The van der Waals surface area contributed by atoms with E-state index in [0.717, 1.165) is 17.0 Å². The van der Waals surface area contributed by atoms with E-state index in [9.17, 15) is 24.1 Å². The van der Waals surface area contributed by atoms with Crippen LogP contribution >= 0.6 is 0 Å². The first-order valence-electron chi connectivity index (χ1n) is 6.05. The first-order chi connectivity index (χ1) is 9.77. The van der Waals surface area contributed by atoms with E-state index in [1.54, 1.807) is 6.92 Å². The smallest absolute Gasteiger partial charge is 0.310 e. The summed E-state index contributed by atoms with van der Waals surface area (Å²) >= 11 is 0. The van der Waals surface area contributed by atoms with Gasteiger partial charge in [0.25, 0.3) is 11.6 Å². The zero-order chi connectivity index (χ0) is 16.2. The molecular formula is C13H15FN2O5. The summed E-state index contributed by atoms with van der Waals surface area (Å²) < 4.78 is 17.6. The molecule has 1 aromatic rings. The molecule has 0 bridgehead atoms. The van der Waals surface area contributed by atoms with Crippen LogP contribution in [0.25, 0.3) is 0 Å². The maximum atomic E-state index is 13.0. The number of carbonyl (C=O) groups is 2. The number of carbonyl (C=O) groups excluding carboxylic acids is 2. The number of halogens is 1. The van der Waals surface area contributed by atoms with Crippen molar-refractivity contribution < 1.29 is 23.6 Å². The number of esters is 1. The van der Waals surface area contributed by atoms with Gasteiger partial charge in [-0.2, -0.15) is 0 Å². The third-order valence-corrected chi connectivity index (χ3v) is 2.88. The lowest BCUT2D eigenvalue weighted by atomic mass is 10.1. The zero-order valence-corrected chi connectivity index (χ0v) is 11.8. The van der Waals surface area contributed by atoms with Gasteiger partial charge in [0.2, 0.25) is 0 Å². The van der Waals surface area contributed by atoms with Crippen LogP contribution in [0.5, 0.6) is 0 Å². The van der Waals surface area contributed by atoms with Gasteiger partial charge in [0.1, 0.15) is 11.4 Å². The quantitative estimate of drug-likeness (QED) is 0.468. The summed E-state index contributed by atoms with van der Waals surface area (Å²) in [5.74, 6) is -2.55. The van der Waals surface area contributed by atoms with Gasteiger partial charge in [0.15, 0.2) is 0 Å². The Hall–Kier alpha value is -2.51. The van der Waals surface area contributed by atoms with Crippen LogP contribution in [0.2, 0.25) is 0 Å². The molecular weight excluding hydrogens is 283 g/mol. The van der Waals surface area contributed by atoms with Gasteiger partial charge in [-0.15, -0.1) is 0 Å². The second kappa shape index (κ2) is 6.78. The largest absolute Gasteiger partial charge is 0.469 e. The number of hydrogen-bond donors (Lipinski definition) is 0. The minimum absolute atomic E-state index is 0.0278. The second-order valence-electron chi connectivity index (χ2n) is 4.53. The number of rotatable bonds is 5. The van der Waals surface area contributed by atoms with E-state index in [1.807, 2.05) is 0 Å². The van der Waals surface area contributed by atoms with Crippen molar-refractivity contribution in [1.29, 1.82) is 0 Å². The van der Waals surface area contributed by atoms with Crippen LogP contribution in [-0.2, 0) is 9.53 Å². The summed E-state index contributed by atoms with van der Waals surface area (Å²) in [6.07, 6.45) is 0. The van der Waals surface area contributed by atoms with Crippen molar-refractivity contribution >= 4 is 17.6 Å². The van der Waals surface area contributed by atoms with E-state index in [4.69, 9.17) is 0 Å². The molecule has 0 N–H and O–H groups in total. The molecule has 114 valence electrons. The predicted molar refractivity (Wildman–Crippen MR) is 71.2 cm³/mol. The molecule has 21 heavy (non-hydrogen) atoms. The van der Waals surface area contributed by atoms with E-state index in [-0.39, 0.29) is 12.1 Å². The van der Waals surface area contributed by atoms with Crippen LogP contribution in [0.4, 0.5) is 10.1 Å². The Morgan fingerprint density at radius 1 is 1.48 bits per heavy atom. The number of benzene rings is 1. The summed E-state index contributed by atoms with van der Waals surface area (Å²) in [4.78, 5) is 34.7. The van der Waals surface area contributed by atoms with Crippen molar-refractivity contribution in [2.24, 2.45) is 5.92 Å². The monoisotopic (exact) mass is 298 g/mol. The van der Waals surface area contributed by atoms with Crippen molar-refractivity contribution in [3.8, 4) is 0 Å². The van der Waals surface area contributed by atoms with Crippen LogP contribution < -0.4 is 0 Å². The highest BCUT2D eigenvalue weighted by Crippen LogP contribution is 2.21. The van der Waals surface area contributed by atoms with Gasteiger partial charge in [0.05, 0.1) is 24.0 Å². The first-order valence-corrected chi connectivity index (χ1v) is 6.05. The zero-order valence-electron chi connectivity index (χ0n) is 11.8. The van der Waals surface area contributed by atoms with Crippen LogP contribution in [-0.4, -0.2) is 42.4 Å². The summed E-state index contributed by atoms with van der Waals surface area (Å²) in [6, 6.07) is 2.71. The number of ether oxygens (including phenoxy) is 1.